The monoisotopic (exact) mass is 416 g/mol. The second-order valence-electron chi connectivity index (χ2n) is 6.18. The van der Waals surface area contributed by atoms with E-state index in [9.17, 15) is 17.6 Å². The number of carbonyl (C=O) groups excluding carboxylic acids is 1. The molecule has 2 heterocycles. The predicted octanol–water partition coefficient (Wildman–Crippen LogP) is 3.89. The van der Waals surface area contributed by atoms with Crippen molar-refractivity contribution in [3.63, 3.8) is 0 Å². The van der Waals surface area contributed by atoms with Gasteiger partial charge in [0.15, 0.2) is 0 Å². The van der Waals surface area contributed by atoms with Gasteiger partial charge in [0.25, 0.3) is 10.0 Å². The molecule has 0 bridgehead atoms. The minimum atomic E-state index is -3.62. The minimum Gasteiger partial charge on any atom is -0.323 e. The van der Waals surface area contributed by atoms with Crippen LogP contribution in [-0.4, -0.2) is 31.7 Å². The summed E-state index contributed by atoms with van der Waals surface area (Å²) in [6.45, 7) is 2.29. The van der Waals surface area contributed by atoms with Gasteiger partial charge in [-0.2, -0.15) is 4.31 Å². The van der Waals surface area contributed by atoms with Crippen LogP contribution in [0, 0.1) is 18.7 Å². The molecule has 1 aromatic heterocycles. The first kappa shape index (κ1) is 19.3. The van der Waals surface area contributed by atoms with Gasteiger partial charge in [0, 0.05) is 23.0 Å². The van der Waals surface area contributed by atoms with Gasteiger partial charge in [-0.3, -0.25) is 4.79 Å². The average Bonchev–Trinajstić information content (AvgIpc) is 3.05. The van der Waals surface area contributed by atoms with Gasteiger partial charge in [0.1, 0.15) is 10.0 Å². The molecule has 3 rings (SSSR count). The summed E-state index contributed by atoms with van der Waals surface area (Å²) in [5.41, 5.74) is -0.00337. The number of halogens is 2. The number of nitrogens with one attached hydrogen (secondary N) is 1. The van der Waals surface area contributed by atoms with Crippen LogP contribution < -0.4 is 5.32 Å². The number of rotatable bonds is 4. The van der Waals surface area contributed by atoms with E-state index in [0.717, 1.165) is 4.88 Å². The van der Waals surface area contributed by atoms with Crippen molar-refractivity contribution in [2.24, 2.45) is 5.92 Å². The normalized spacial score (nSPS) is 18.7. The van der Waals surface area contributed by atoms with Crippen LogP contribution in [0.1, 0.15) is 17.7 Å². The van der Waals surface area contributed by atoms with Gasteiger partial charge in [-0.15, -0.1) is 11.3 Å². The predicted molar refractivity (Wildman–Crippen MR) is 101 cm³/mol. The van der Waals surface area contributed by atoms with Crippen molar-refractivity contribution in [2.45, 2.75) is 24.0 Å². The van der Waals surface area contributed by atoms with E-state index < -0.39 is 27.7 Å². The highest BCUT2D eigenvalue weighted by Crippen LogP contribution is 2.29. The van der Waals surface area contributed by atoms with E-state index in [4.69, 9.17) is 11.6 Å². The highest BCUT2D eigenvalue weighted by molar-refractivity contribution is 7.91. The topological polar surface area (TPSA) is 66.5 Å². The fraction of sp³-hybridized carbons (Fsp3) is 0.353. The molecule has 1 amide bonds. The Kier molecular flexibility index (Phi) is 5.67. The first-order valence-electron chi connectivity index (χ1n) is 8.10. The maximum absolute atomic E-state index is 13.8. The number of piperidine rings is 1. The standard InChI is InChI=1S/C17H18ClFN2O3S2/c1-11-4-7-16(25-11)26(23,24)21-8-2-3-12(10-21)17(22)20-15-9-13(18)5-6-14(15)19/h4-7,9,12H,2-3,8,10H2,1H3,(H,20,22). The Morgan fingerprint density at radius 3 is 2.81 bits per heavy atom. The van der Waals surface area contributed by atoms with E-state index in [2.05, 4.69) is 5.32 Å². The zero-order valence-corrected chi connectivity index (χ0v) is 16.4. The van der Waals surface area contributed by atoms with Crippen molar-refractivity contribution in [1.29, 1.82) is 0 Å². The Morgan fingerprint density at radius 1 is 1.35 bits per heavy atom. The van der Waals surface area contributed by atoms with E-state index in [-0.39, 0.29) is 16.4 Å². The molecular weight excluding hydrogens is 399 g/mol. The Bertz CT molecular complexity index is 930. The molecule has 0 saturated carbocycles. The van der Waals surface area contributed by atoms with Crippen molar-refractivity contribution in [1.82, 2.24) is 4.31 Å². The summed E-state index contributed by atoms with van der Waals surface area (Å²) in [4.78, 5) is 13.4. The summed E-state index contributed by atoms with van der Waals surface area (Å²) < 4.78 is 40.9. The Balaban J connectivity index is 1.74. The van der Waals surface area contributed by atoms with E-state index in [1.54, 1.807) is 12.1 Å². The fourth-order valence-electron chi connectivity index (χ4n) is 2.88. The lowest BCUT2D eigenvalue weighted by atomic mass is 9.98. The number of carbonyl (C=O) groups is 1. The van der Waals surface area contributed by atoms with Crippen LogP contribution >= 0.6 is 22.9 Å². The summed E-state index contributed by atoms with van der Waals surface area (Å²) in [6.07, 6.45) is 1.11. The number of anilines is 1. The summed E-state index contributed by atoms with van der Waals surface area (Å²) in [6, 6.07) is 7.24. The van der Waals surface area contributed by atoms with Crippen LogP contribution in [-0.2, 0) is 14.8 Å². The second-order valence-corrected chi connectivity index (χ2v) is 10.1. The summed E-state index contributed by atoms with van der Waals surface area (Å²) in [7, 11) is -3.62. The molecule has 2 aromatic rings. The second kappa shape index (κ2) is 7.64. The third-order valence-electron chi connectivity index (χ3n) is 4.25. The van der Waals surface area contributed by atoms with E-state index >= 15 is 0 Å². The van der Waals surface area contributed by atoms with Gasteiger partial charge in [-0.05, 0) is 50.1 Å². The highest BCUT2D eigenvalue weighted by atomic mass is 35.5. The third-order valence-corrected chi connectivity index (χ3v) is 7.82. The Hall–Kier alpha value is -1.48. The molecule has 1 N–H and O–H groups in total. The molecule has 9 heteroatoms. The van der Waals surface area contributed by atoms with Gasteiger partial charge in [0.05, 0.1) is 11.6 Å². The van der Waals surface area contributed by atoms with Crippen molar-refractivity contribution >= 4 is 44.6 Å². The molecule has 140 valence electrons. The smallest absolute Gasteiger partial charge is 0.252 e. The van der Waals surface area contributed by atoms with Crippen molar-refractivity contribution in [3.8, 4) is 0 Å². The molecule has 1 unspecified atom stereocenters. The largest absolute Gasteiger partial charge is 0.323 e. The average molecular weight is 417 g/mol. The zero-order chi connectivity index (χ0) is 18.9. The molecule has 1 atom stereocenters. The van der Waals surface area contributed by atoms with Crippen LogP contribution in [0.4, 0.5) is 10.1 Å². The lowest BCUT2D eigenvalue weighted by molar-refractivity contribution is -0.120. The molecule has 0 aliphatic carbocycles. The molecule has 1 saturated heterocycles. The van der Waals surface area contributed by atoms with Crippen LogP contribution in [0.15, 0.2) is 34.5 Å². The SMILES string of the molecule is Cc1ccc(S(=O)(=O)N2CCCC(C(=O)Nc3cc(Cl)ccc3F)C2)s1. The van der Waals surface area contributed by atoms with E-state index in [0.29, 0.717) is 24.4 Å². The lowest BCUT2D eigenvalue weighted by Crippen LogP contribution is -2.43. The molecule has 5 nitrogen and oxygen atoms in total. The first-order valence-corrected chi connectivity index (χ1v) is 10.7. The Labute approximate surface area is 160 Å². The third kappa shape index (κ3) is 4.09. The molecule has 0 radical (unpaired) electrons. The summed E-state index contributed by atoms with van der Waals surface area (Å²) >= 11 is 7.04. The molecule has 26 heavy (non-hydrogen) atoms. The van der Waals surface area contributed by atoms with Gasteiger partial charge >= 0.3 is 0 Å². The zero-order valence-electron chi connectivity index (χ0n) is 14.0. The van der Waals surface area contributed by atoms with Crippen molar-refractivity contribution in [3.05, 3.63) is 46.0 Å². The number of aryl methyl sites for hydroxylation is 1. The van der Waals surface area contributed by atoms with Crippen LogP contribution in [0.3, 0.4) is 0 Å². The lowest BCUT2D eigenvalue weighted by Gasteiger charge is -2.30. The van der Waals surface area contributed by atoms with Crippen molar-refractivity contribution < 1.29 is 17.6 Å². The van der Waals surface area contributed by atoms with Gasteiger partial charge < -0.3 is 5.32 Å². The van der Waals surface area contributed by atoms with Crippen molar-refractivity contribution in [2.75, 3.05) is 18.4 Å². The number of hydrogen-bond donors (Lipinski definition) is 1. The number of hydrogen-bond acceptors (Lipinski definition) is 4. The van der Waals surface area contributed by atoms with E-state index in [1.165, 1.54) is 33.8 Å². The number of benzene rings is 1. The number of thiophene rings is 1. The molecule has 1 aromatic carbocycles. The van der Waals surface area contributed by atoms with Crippen LogP contribution in [0.2, 0.25) is 5.02 Å². The van der Waals surface area contributed by atoms with E-state index in [1.807, 2.05) is 6.92 Å². The maximum Gasteiger partial charge on any atom is 0.252 e. The molecular formula is C17H18ClFN2O3S2. The summed E-state index contributed by atoms with van der Waals surface area (Å²) in [5, 5.41) is 2.83. The number of amides is 1. The van der Waals surface area contributed by atoms with Crippen LogP contribution in [0.5, 0.6) is 0 Å². The molecule has 1 aliphatic rings. The molecule has 0 spiro atoms. The van der Waals surface area contributed by atoms with Gasteiger partial charge in [-0.25, -0.2) is 12.8 Å². The fourth-order valence-corrected chi connectivity index (χ4v) is 6.01. The molecule has 1 fully saturated rings. The number of sulfonamides is 1. The Morgan fingerprint density at radius 2 is 2.12 bits per heavy atom. The summed E-state index contributed by atoms with van der Waals surface area (Å²) in [5.74, 6) is -1.54. The highest BCUT2D eigenvalue weighted by Gasteiger charge is 2.34. The maximum atomic E-state index is 13.8. The minimum absolute atomic E-state index is 0.00337. The first-order chi connectivity index (χ1) is 12.3. The quantitative estimate of drug-likeness (QED) is 0.822. The van der Waals surface area contributed by atoms with Gasteiger partial charge in [-0.1, -0.05) is 11.6 Å². The molecule has 1 aliphatic heterocycles. The van der Waals surface area contributed by atoms with Gasteiger partial charge in [0.2, 0.25) is 5.91 Å². The number of nitrogens with zero attached hydrogens (tertiary/aromatic N) is 1. The van der Waals surface area contributed by atoms with Crippen LogP contribution in [0.25, 0.3) is 0 Å².